The van der Waals surface area contributed by atoms with E-state index in [9.17, 15) is 4.79 Å². The Kier molecular flexibility index (Phi) is 2.19. The Labute approximate surface area is 101 Å². The lowest BCUT2D eigenvalue weighted by atomic mass is 10.1. The number of nitrogens with one attached hydrogen (secondary N) is 1. The number of nitrogens with zero attached hydrogens (tertiary/aromatic N) is 3. The topological polar surface area (TPSA) is 63.0 Å². The number of halogens is 1. The summed E-state index contributed by atoms with van der Waals surface area (Å²) in [6.45, 7) is 0. The lowest BCUT2D eigenvalue weighted by Crippen LogP contribution is -2.10. The number of benzene rings is 1. The van der Waals surface area contributed by atoms with Gasteiger partial charge in [-0.15, -0.1) is 0 Å². The minimum atomic E-state index is -0.279. The van der Waals surface area contributed by atoms with Crippen LogP contribution < -0.4 is 5.56 Å². The van der Waals surface area contributed by atoms with Crippen molar-refractivity contribution in [3.8, 4) is 11.3 Å². The van der Waals surface area contributed by atoms with Gasteiger partial charge in [-0.3, -0.25) is 4.79 Å². The van der Waals surface area contributed by atoms with Gasteiger partial charge >= 0.3 is 0 Å². The van der Waals surface area contributed by atoms with Gasteiger partial charge in [-0.1, -0.05) is 29.8 Å². The van der Waals surface area contributed by atoms with E-state index in [1.807, 2.05) is 18.2 Å². The normalized spacial score (nSPS) is 10.9. The van der Waals surface area contributed by atoms with Crippen molar-refractivity contribution in [1.82, 2.24) is 19.8 Å². The summed E-state index contributed by atoms with van der Waals surface area (Å²) in [5, 5.41) is 10.9. The molecule has 3 rings (SSSR count). The molecular weight excluding hydrogens is 240 g/mol. The SMILES string of the molecule is O=c1[nH]ncn2nc(-c3ccccc3Cl)cc12. The summed E-state index contributed by atoms with van der Waals surface area (Å²) in [6.07, 6.45) is 1.44. The van der Waals surface area contributed by atoms with Crippen LogP contribution in [0.25, 0.3) is 16.8 Å². The molecule has 0 aliphatic rings. The molecule has 3 aromatic rings. The number of rotatable bonds is 1. The fourth-order valence-electron chi connectivity index (χ4n) is 1.65. The van der Waals surface area contributed by atoms with Crippen molar-refractivity contribution >= 4 is 17.1 Å². The zero-order valence-corrected chi connectivity index (χ0v) is 9.35. The average Bonchev–Trinajstić information content (AvgIpc) is 2.75. The van der Waals surface area contributed by atoms with Gasteiger partial charge in [0.2, 0.25) is 0 Å². The van der Waals surface area contributed by atoms with Crippen molar-refractivity contribution in [2.24, 2.45) is 0 Å². The van der Waals surface area contributed by atoms with Gasteiger partial charge in [0.25, 0.3) is 5.56 Å². The summed E-state index contributed by atoms with van der Waals surface area (Å²) < 4.78 is 1.43. The Morgan fingerprint density at radius 3 is 2.88 bits per heavy atom. The molecule has 0 bridgehead atoms. The third-order valence-corrected chi connectivity index (χ3v) is 2.78. The lowest BCUT2D eigenvalue weighted by molar-refractivity contribution is 0.848. The Morgan fingerprint density at radius 1 is 1.29 bits per heavy atom. The van der Waals surface area contributed by atoms with Gasteiger partial charge in [0.05, 0.1) is 10.7 Å². The quantitative estimate of drug-likeness (QED) is 0.711. The molecule has 0 radical (unpaired) electrons. The molecular formula is C11H7ClN4O. The van der Waals surface area contributed by atoms with Gasteiger partial charge in [-0.2, -0.15) is 10.2 Å². The third-order valence-electron chi connectivity index (χ3n) is 2.45. The fourth-order valence-corrected chi connectivity index (χ4v) is 1.88. The van der Waals surface area contributed by atoms with Crippen molar-refractivity contribution in [2.45, 2.75) is 0 Å². The first-order valence-electron chi connectivity index (χ1n) is 4.94. The van der Waals surface area contributed by atoms with E-state index in [-0.39, 0.29) is 5.56 Å². The Balaban J connectivity index is 2.30. The smallest absolute Gasteiger partial charge is 0.266 e. The van der Waals surface area contributed by atoms with Crippen LogP contribution in [0, 0.1) is 0 Å². The van der Waals surface area contributed by atoms with Crippen molar-refractivity contribution < 1.29 is 0 Å². The molecule has 17 heavy (non-hydrogen) atoms. The van der Waals surface area contributed by atoms with E-state index in [4.69, 9.17) is 11.6 Å². The number of aromatic nitrogens is 4. The molecule has 6 heteroatoms. The van der Waals surface area contributed by atoms with E-state index in [0.717, 1.165) is 5.56 Å². The molecule has 0 unspecified atom stereocenters. The standard InChI is InChI=1S/C11H7ClN4O/c12-8-4-2-1-3-7(8)9-5-10-11(17)14-13-6-16(10)15-9/h1-6H,(H,14,17). The van der Waals surface area contributed by atoms with Crippen LogP contribution in [-0.2, 0) is 0 Å². The van der Waals surface area contributed by atoms with Crippen LogP contribution >= 0.6 is 11.6 Å². The first kappa shape index (κ1) is 10.0. The predicted molar refractivity (Wildman–Crippen MR) is 64.1 cm³/mol. The monoisotopic (exact) mass is 246 g/mol. The molecule has 0 saturated heterocycles. The number of hydrogen-bond acceptors (Lipinski definition) is 3. The molecule has 84 valence electrons. The Morgan fingerprint density at radius 2 is 2.12 bits per heavy atom. The maximum Gasteiger partial charge on any atom is 0.290 e. The van der Waals surface area contributed by atoms with Gasteiger partial charge in [-0.05, 0) is 12.1 Å². The summed E-state index contributed by atoms with van der Waals surface area (Å²) in [5.41, 5.74) is 1.60. The first-order chi connectivity index (χ1) is 8.25. The maximum absolute atomic E-state index is 11.5. The van der Waals surface area contributed by atoms with Gasteiger partial charge < -0.3 is 0 Å². The van der Waals surface area contributed by atoms with Gasteiger partial charge in [0.15, 0.2) is 0 Å². The van der Waals surface area contributed by atoms with Crippen LogP contribution in [0.3, 0.4) is 0 Å². The number of H-pyrrole nitrogens is 1. The first-order valence-corrected chi connectivity index (χ1v) is 5.31. The summed E-state index contributed by atoms with van der Waals surface area (Å²) in [6, 6.07) is 9.03. The summed E-state index contributed by atoms with van der Waals surface area (Å²) in [7, 11) is 0. The van der Waals surface area contributed by atoms with Crippen LogP contribution in [0.5, 0.6) is 0 Å². The number of fused-ring (bicyclic) bond motifs is 1. The van der Waals surface area contributed by atoms with E-state index in [2.05, 4.69) is 15.3 Å². The van der Waals surface area contributed by atoms with Crippen LogP contribution in [0.4, 0.5) is 0 Å². The van der Waals surface area contributed by atoms with E-state index in [0.29, 0.717) is 16.2 Å². The zero-order valence-electron chi connectivity index (χ0n) is 8.59. The van der Waals surface area contributed by atoms with E-state index < -0.39 is 0 Å². The third kappa shape index (κ3) is 1.60. The largest absolute Gasteiger partial charge is 0.290 e. The molecule has 1 N–H and O–H groups in total. The summed E-state index contributed by atoms with van der Waals surface area (Å²) in [4.78, 5) is 11.5. The molecule has 0 aliphatic heterocycles. The molecule has 0 atom stereocenters. The van der Waals surface area contributed by atoms with E-state index in [1.54, 1.807) is 12.1 Å². The van der Waals surface area contributed by atoms with Crippen molar-refractivity contribution in [3.05, 3.63) is 52.0 Å². The van der Waals surface area contributed by atoms with Crippen molar-refractivity contribution in [1.29, 1.82) is 0 Å². The highest BCUT2D eigenvalue weighted by Gasteiger charge is 2.09. The summed E-state index contributed by atoms with van der Waals surface area (Å²) >= 11 is 6.08. The second-order valence-corrected chi connectivity index (χ2v) is 3.93. The number of hydrogen-bond donors (Lipinski definition) is 1. The molecule has 5 nitrogen and oxygen atoms in total. The van der Waals surface area contributed by atoms with Crippen LogP contribution in [-0.4, -0.2) is 19.8 Å². The molecule has 1 aromatic carbocycles. The average molecular weight is 247 g/mol. The minimum Gasteiger partial charge on any atom is -0.266 e. The van der Waals surface area contributed by atoms with Crippen LogP contribution in [0.2, 0.25) is 5.02 Å². The van der Waals surface area contributed by atoms with Gasteiger partial charge in [0.1, 0.15) is 11.8 Å². The second-order valence-electron chi connectivity index (χ2n) is 3.52. The molecule has 0 fully saturated rings. The van der Waals surface area contributed by atoms with Crippen molar-refractivity contribution in [2.75, 3.05) is 0 Å². The number of aromatic amines is 1. The molecule has 0 aliphatic carbocycles. The second kappa shape index (κ2) is 3.71. The molecule has 0 saturated carbocycles. The Hall–Kier alpha value is -2.14. The molecule has 0 spiro atoms. The van der Waals surface area contributed by atoms with Crippen LogP contribution in [0.15, 0.2) is 41.5 Å². The van der Waals surface area contributed by atoms with Crippen molar-refractivity contribution in [3.63, 3.8) is 0 Å². The Bertz CT molecular complexity index is 746. The van der Waals surface area contributed by atoms with Gasteiger partial charge in [0, 0.05) is 5.56 Å². The van der Waals surface area contributed by atoms with E-state index >= 15 is 0 Å². The highest BCUT2D eigenvalue weighted by molar-refractivity contribution is 6.33. The maximum atomic E-state index is 11.5. The zero-order chi connectivity index (χ0) is 11.8. The van der Waals surface area contributed by atoms with E-state index in [1.165, 1.54) is 10.8 Å². The predicted octanol–water partition coefficient (Wildman–Crippen LogP) is 1.74. The summed E-state index contributed by atoms with van der Waals surface area (Å²) in [5.74, 6) is 0. The lowest BCUT2D eigenvalue weighted by Gasteiger charge is -1.97. The molecule has 0 amide bonds. The minimum absolute atomic E-state index is 0.279. The molecule has 2 aromatic heterocycles. The van der Waals surface area contributed by atoms with Gasteiger partial charge in [-0.25, -0.2) is 9.61 Å². The van der Waals surface area contributed by atoms with Crippen LogP contribution in [0.1, 0.15) is 0 Å². The highest BCUT2D eigenvalue weighted by Crippen LogP contribution is 2.26. The highest BCUT2D eigenvalue weighted by atomic mass is 35.5. The molecule has 2 heterocycles. The fraction of sp³-hybridized carbons (Fsp3) is 0.